The molecule has 1 aliphatic heterocycles. The van der Waals surface area contributed by atoms with Crippen LogP contribution in [0, 0.1) is 0 Å². The second-order valence-electron chi connectivity index (χ2n) is 3.67. The van der Waals surface area contributed by atoms with Gasteiger partial charge < -0.3 is 15.8 Å². The van der Waals surface area contributed by atoms with E-state index < -0.39 is 0 Å². The number of rotatable bonds is 4. The van der Waals surface area contributed by atoms with E-state index in [1.54, 1.807) is 0 Å². The number of nitrogens with two attached hydrogens (primary N) is 1. The van der Waals surface area contributed by atoms with Crippen LogP contribution in [0.15, 0.2) is 12.1 Å². The molecule has 0 aromatic carbocycles. The molecule has 0 atom stereocenters. The van der Waals surface area contributed by atoms with Gasteiger partial charge in [-0.05, 0) is 31.0 Å². The standard InChI is InChI=1S/C11H17N3O/c12-5-1-6-13-11-3-2-9-4-7-15-8-10(9)14-11/h2-3H,1,4-8,12H2,(H,13,14). The van der Waals surface area contributed by atoms with E-state index in [4.69, 9.17) is 10.5 Å². The molecule has 0 spiro atoms. The summed E-state index contributed by atoms with van der Waals surface area (Å²) >= 11 is 0. The van der Waals surface area contributed by atoms with Gasteiger partial charge in [-0.15, -0.1) is 0 Å². The van der Waals surface area contributed by atoms with Gasteiger partial charge >= 0.3 is 0 Å². The van der Waals surface area contributed by atoms with Crippen molar-refractivity contribution >= 4 is 5.82 Å². The Balaban J connectivity index is 2.00. The number of fused-ring (bicyclic) bond motifs is 1. The Morgan fingerprint density at radius 3 is 3.27 bits per heavy atom. The van der Waals surface area contributed by atoms with E-state index in [1.807, 2.05) is 6.07 Å². The Kier molecular flexibility index (Phi) is 3.53. The van der Waals surface area contributed by atoms with Crippen molar-refractivity contribution in [1.29, 1.82) is 0 Å². The van der Waals surface area contributed by atoms with Crippen molar-refractivity contribution in [3.63, 3.8) is 0 Å². The molecule has 0 bridgehead atoms. The van der Waals surface area contributed by atoms with Crippen molar-refractivity contribution in [2.75, 3.05) is 25.0 Å². The van der Waals surface area contributed by atoms with Crippen LogP contribution in [0.2, 0.25) is 0 Å². The average molecular weight is 207 g/mol. The summed E-state index contributed by atoms with van der Waals surface area (Å²) in [4.78, 5) is 4.51. The Labute approximate surface area is 89.8 Å². The van der Waals surface area contributed by atoms with E-state index in [0.29, 0.717) is 13.2 Å². The molecule has 3 N–H and O–H groups in total. The zero-order valence-electron chi connectivity index (χ0n) is 8.83. The zero-order valence-corrected chi connectivity index (χ0v) is 8.83. The van der Waals surface area contributed by atoms with Gasteiger partial charge in [0.15, 0.2) is 0 Å². The molecular formula is C11H17N3O. The predicted octanol–water partition coefficient (Wildman–Crippen LogP) is 0.915. The van der Waals surface area contributed by atoms with Crippen LogP contribution in [0.4, 0.5) is 5.82 Å². The molecule has 0 radical (unpaired) electrons. The van der Waals surface area contributed by atoms with E-state index in [2.05, 4.69) is 16.4 Å². The minimum atomic E-state index is 0.641. The van der Waals surface area contributed by atoms with Crippen LogP contribution in [-0.4, -0.2) is 24.7 Å². The smallest absolute Gasteiger partial charge is 0.126 e. The largest absolute Gasteiger partial charge is 0.375 e. The second-order valence-corrected chi connectivity index (χ2v) is 3.67. The number of aromatic nitrogens is 1. The van der Waals surface area contributed by atoms with Gasteiger partial charge in [-0.25, -0.2) is 4.98 Å². The Morgan fingerprint density at radius 1 is 1.47 bits per heavy atom. The first-order chi connectivity index (χ1) is 7.40. The van der Waals surface area contributed by atoms with Gasteiger partial charge in [-0.2, -0.15) is 0 Å². The van der Waals surface area contributed by atoms with Gasteiger partial charge in [-0.3, -0.25) is 0 Å². The highest BCUT2D eigenvalue weighted by Crippen LogP contribution is 2.16. The number of hydrogen-bond acceptors (Lipinski definition) is 4. The van der Waals surface area contributed by atoms with Crippen molar-refractivity contribution in [3.8, 4) is 0 Å². The monoisotopic (exact) mass is 207 g/mol. The van der Waals surface area contributed by atoms with Crippen molar-refractivity contribution in [2.45, 2.75) is 19.4 Å². The molecule has 4 heteroatoms. The van der Waals surface area contributed by atoms with Gasteiger partial charge in [0.05, 0.1) is 18.9 Å². The first-order valence-electron chi connectivity index (χ1n) is 5.40. The lowest BCUT2D eigenvalue weighted by molar-refractivity contribution is 0.107. The molecule has 2 rings (SSSR count). The summed E-state index contributed by atoms with van der Waals surface area (Å²) in [7, 11) is 0. The third-order valence-corrected chi connectivity index (χ3v) is 2.51. The molecule has 15 heavy (non-hydrogen) atoms. The van der Waals surface area contributed by atoms with E-state index in [9.17, 15) is 0 Å². The zero-order chi connectivity index (χ0) is 10.5. The van der Waals surface area contributed by atoms with Crippen LogP contribution in [0.5, 0.6) is 0 Å². The van der Waals surface area contributed by atoms with Gasteiger partial charge in [0.25, 0.3) is 0 Å². The van der Waals surface area contributed by atoms with Crippen LogP contribution in [-0.2, 0) is 17.8 Å². The lowest BCUT2D eigenvalue weighted by Crippen LogP contribution is -2.14. The highest BCUT2D eigenvalue weighted by Gasteiger charge is 2.10. The average Bonchev–Trinajstić information content (AvgIpc) is 2.29. The molecule has 0 saturated heterocycles. The third-order valence-electron chi connectivity index (χ3n) is 2.51. The summed E-state index contributed by atoms with van der Waals surface area (Å²) in [6, 6.07) is 4.16. The number of anilines is 1. The molecule has 1 aromatic rings. The van der Waals surface area contributed by atoms with Crippen LogP contribution < -0.4 is 11.1 Å². The lowest BCUT2D eigenvalue weighted by Gasteiger charge is -2.16. The fourth-order valence-electron chi connectivity index (χ4n) is 1.65. The van der Waals surface area contributed by atoms with Crippen LogP contribution in [0.3, 0.4) is 0 Å². The summed E-state index contributed by atoms with van der Waals surface area (Å²) in [5.41, 5.74) is 7.80. The minimum Gasteiger partial charge on any atom is -0.375 e. The minimum absolute atomic E-state index is 0.641. The molecule has 0 unspecified atom stereocenters. The van der Waals surface area contributed by atoms with E-state index in [0.717, 1.165) is 37.5 Å². The number of ether oxygens (including phenoxy) is 1. The number of hydrogen-bond donors (Lipinski definition) is 2. The maximum absolute atomic E-state index is 5.42. The van der Waals surface area contributed by atoms with E-state index in [-0.39, 0.29) is 0 Å². The third kappa shape index (κ3) is 2.67. The quantitative estimate of drug-likeness (QED) is 0.721. The predicted molar refractivity (Wildman–Crippen MR) is 59.8 cm³/mol. The maximum atomic E-state index is 5.42. The van der Waals surface area contributed by atoms with Crippen molar-refractivity contribution in [1.82, 2.24) is 4.98 Å². The lowest BCUT2D eigenvalue weighted by atomic mass is 10.1. The van der Waals surface area contributed by atoms with Crippen LogP contribution in [0.1, 0.15) is 17.7 Å². The summed E-state index contributed by atoms with van der Waals surface area (Å²) in [6.07, 6.45) is 1.95. The molecule has 82 valence electrons. The summed E-state index contributed by atoms with van der Waals surface area (Å²) in [6.45, 7) is 3.04. The Hall–Kier alpha value is -1.13. The van der Waals surface area contributed by atoms with Crippen molar-refractivity contribution in [2.24, 2.45) is 5.73 Å². The van der Waals surface area contributed by atoms with Crippen molar-refractivity contribution in [3.05, 3.63) is 23.4 Å². The fraction of sp³-hybridized carbons (Fsp3) is 0.545. The maximum Gasteiger partial charge on any atom is 0.126 e. The van der Waals surface area contributed by atoms with Gasteiger partial charge in [0.1, 0.15) is 5.82 Å². The Morgan fingerprint density at radius 2 is 2.40 bits per heavy atom. The van der Waals surface area contributed by atoms with Crippen LogP contribution >= 0.6 is 0 Å². The molecule has 0 saturated carbocycles. The summed E-state index contributed by atoms with van der Waals surface area (Å²) < 4.78 is 5.37. The van der Waals surface area contributed by atoms with Gasteiger partial charge in [-0.1, -0.05) is 6.07 Å². The van der Waals surface area contributed by atoms with Crippen molar-refractivity contribution < 1.29 is 4.74 Å². The molecule has 2 heterocycles. The normalized spacial score (nSPS) is 14.7. The van der Waals surface area contributed by atoms with Gasteiger partial charge in [0.2, 0.25) is 0 Å². The highest BCUT2D eigenvalue weighted by atomic mass is 16.5. The molecule has 1 aromatic heterocycles. The highest BCUT2D eigenvalue weighted by molar-refractivity contribution is 5.39. The number of nitrogens with zero attached hydrogens (tertiary/aromatic N) is 1. The second kappa shape index (κ2) is 5.09. The molecule has 0 aliphatic carbocycles. The topological polar surface area (TPSA) is 60.2 Å². The molecule has 0 amide bonds. The van der Waals surface area contributed by atoms with Crippen LogP contribution in [0.25, 0.3) is 0 Å². The summed E-state index contributed by atoms with van der Waals surface area (Å²) in [5, 5.41) is 3.25. The first kappa shape index (κ1) is 10.4. The SMILES string of the molecule is NCCCNc1ccc2c(n1)COCC2. The number of nitrogens with one attached hydrogen (secondary N) is 1. The number of pyridine rings is 1. The van der Waals surface area contributed by atoms with Gasteiger partial charge in [0, 0.05) is 6.54 Å². The van der Waals surface area contributed by atoms with E-state index in [1.165, 1.54) is 5.56 Å². The first-order valence-corrected chi connectivity index (χ1v) is 5.40. The fourth-order valence-corrected chi connectivity index (χ4v) is 1.65. The molecule has 1 aliphatic rings. The summed E-state index contributed by atoms with van der Waals surface area (Å²) in [5.74, 6) is 0.924. The molecular weight excluding hydrogens is 190 g/mol. The van der Waals surface area contributed by atoms with E-state index >= 15 is 0 Å². The molecule has 4 nitrogen and oxygen atoms in total. The Bertz CT molecular complexity index is 328. The molecule has 0 fully saturated rings.